The predicted octanol–water partition coefficient (Wildman–Crippen LogP) is 2.34. The fraction of sp³-hybridized carbons (Fsp3) is 0.600. The van der Waals surface area contributed by atoms with Gasteiger partial charge in [0, 0.05) is 45.3 Å². The fourth-order valence-electron chi connectivity index (χ4n) is 4.04. The summed E-state index contributed by atoms with van der Waals surface area (Å²) in [6.45, 7) is 4.10. The van der Waals surface area contributed by atoms with Crippen LogP contribution in [0.15, 0.2) is 18.2 Å². The van der Waals surface area contributed by atoms with E-state index in [0.29, 0.717) is 43.5 Å². The number of carbonyl (C=O) groups is 2. The van der Waals surface area contributed by atoms with Crippen molar-refractivity contribution in [3.63, 3.8) is 0 Å². The normalized spacial score (nSPS) is 20.0. The molecule has 8 nitrogen and oxygen atoms in total. The van der Waals surface area contributed by atoms with Crippen LogP contribution in [0.3, 0.4) is 0 Å². The summed E-state index contributed by atoms with van der Waals surface area (Å²) < 4.78 is 16.0. The lowest BCUT2D eigenvalue weighted by Gasteiger charge is -2.37. The van der Waals surface area contributed by atoms with Crippen molar-refractivity contribution in [2.45, 2.75) is 38.3 Å². The molecule has 2 saturated heterocycles. The van der Waals surface area contributed by atoms with Gasteiger partial charge in [-0.3, -0.25) is 4.79 Å². The summed E-state index contributed by atoms with van der Waals surface area (Å²) in [5.74, 6) is 1.27. The molecular formula is C20H29N3O5. The number of benzene rings is 1. The third kappa shape index (κ3) is 4.49. The number of amides is 3. The molecule has 0 spiro atoms. The van der Waals surface area contributed by atoms with E-state index in [2.05, 4.69) is 5.32 Å². The van der Waals surface area contributed by atoms with Crippen molar-refractivity contribution < 1.29 is 23.8 Å². The van der Waals surface area contributed by atoms with Crippen LogP contribution in [0.1, 0.15) is 26.2 Å². The molecular weight excluding hydrogens is 362 g/mol. The van der Waals surface area contributed by atoms with Gasteiger partial charge in [0.25, 0.3) is 0 Å². The number of anilines is 1. The lowest BCUT2D eigenvalue weighted by molar-refractivity contribution is -0.135. The molecule has 1 aromatic carbocycles. The molecule has 0 saturated carbocycles. The van der Waals surface area contributed by atoms with Crippen molar-refractivity contribution in [2.75, 3.05) is 45.8 Å². The monoisotopic (exact) mass is 391 g/mol. The van der Waals surface area contributed by atoms with Gasteiger partial charge in [-0.1, -0.05) is 0 Å². The Balaban J connectivity index is 1.66. The smallest absolute Gasteiger partial charge is 0.322 e. The highest BCUT2D eigenvalue weighted by molar-refractivity contribution is 5.91. The third-order valence-corrected chi connectivity index (χ3v) is 5.44. The zero-order chi connectivity index (χ0) is 20.1. The SMILES string of the molecule is COc1ccc(OC)c(NC(=O)N2CCC(N(C(C)=O)C3CCOCC3)C2)c1. The number of rotatable bonds is 5. The highest BCUT2D eigenvalue weighted by Gasteiger charge is 2.36. The van der Waals surface area contributed by atoms with E-state index in [-0.39, 0.29) is 24.0 Å². The molecule has 2 heterocycles. The number of hydrogen-bond acceptors (Lipinski definition) is 5. The average molecular weight is 391 g/mol. The van der Waals surface area contributed by atoms with Gasteiger partial charge >= 0.3 is 6.03 Å². The minimum atomic E-state index is -0.204. The van der Waals surface area contributed by atoms with Crippen molar-refractivity contribution in [2.24, 2.45) is 0 Å². The maximum absolute atomic E-state index is 12.8. The molecule has 0 aliphatic carbocycles. The first-order valence-electron chi connectivity index (χ1n) is 9.68. The first-order valence-corrected chi connectivity index (χ1v) is 9.68. The van der Waals surface area contributed by atoms with Crippen molar-refractivity contribution in [1.82, 2.24) is 9.80 Å². The van der Waals surface area contributed by atoms with Gasteiger partial charge in [-0.25, -0.2) is 4.79 Å². The summed E-state index contributed by atoms with van der Waals surface area (Å²) >= 11 is 0. The molecule has 2 fully saturated rings. The number of ether oxygens (including phenoxy) is 3. The quantitative estimate of drug-likeness (QED) is 0.833. The van der Waals surface area contributed by atoms with E-state index < -0.39 is 0 Å². The standard InChI is InChI=1S/C20H29N3O5/c1-14(24)23(15-7-10-28-11-8-15)16-6-9-22(13-16)20(25)21-18-12-17(26-2)4-5-19(18)27-3/h4-5,12,15-16H,6-11,13H2,1-3H3,(H,21,25). The summed E-state index contributed by atoms with van der Waals surface area (Å²) in [4.78, 5) is 28.8. The number of carbonyl (C=O) groups excluding carboxylic acids is 2. The summed E-state index contributed by atoms with van der Waals surface area (Å²) in [7, 11) is 3.13. The Kier molecular flexibility index (Phi) is 6.61. The summed E-state index contributed by atoms with van der Waals surface area (Å²) in [5, 5.41) is 2.90. The first kappa shape index (κ1) is 20.3. The van der Waals surface area contributed by atoms with E-state index >= 15 is 0 Å². The summed E-state index contributed by atoms with van der Waals surface area (Å²) in [6, 6.07) is 5.29. The molecule has 8 heteroatoms. The zero-order valence-electron chi connectivity index (χ0n) is 16.8. The van der Waals surface area contributed by atoms with Crippen LogP contribution in [0, 0.1) is 0 Å². The van der Waals surface area contributed by atoms with Gasteiger partial charge in [0.15, 0.2) is 0 Å². The van der Waals surface area contributed by atoms with Gasteiger partial charge in [0.1, 0.15) is 11.5 Å². The van der Waals surface area contributed by atoms with Crippen LogP contribution in [0.4, 0.5) is 10.5 Å². The first-order chi connectivity index (χ1) is 13.5. The summed E-state index contributed by atoms with van der Waals surface area (Å²) in [5.41, 5.74) is 0.558. The van der Waals surface area contributed by atoms with Crippen LogP contribution < -0.4 is 14.8 Å². The van der Waals surface area contributed by atoms with Gasteiger partial charge in [-0.2, -0.15) is 0 Å². The van der Waals surface area contributed by atoms with Crippen molar-refractivity contribution in [1.29, 1.82) is 0 Å². The topological polar surface area (TPSA) is 80.3 Å². The van der Waals surface area contributed by atoms with Crippen LogP contribution in [-0.4, -0.2) is 74.3 Å². The van der Waals surface area contributed by atoms with E-state index in [4.69, 9.17) is 14.2 Å². The Labute approximate surface area is 165 Å². The molecule has 1 aromatic rings. The maximum Gasteiger partial charge on any atom is 0.322 e. The largest absolute Gasteiger partial charge is 0.497 e. The van der Waals surface area contributed by atoms with Crippen LogP contribution >= 0.6 is 0 Å². The molecule has 2 aliphatic rings. The van der Waals surface area contributed by atoms with E-state index in [1.165, 1.54) is 0 Å². The molecule has 1 unspecified atom stereocenters. The molecule has 2 aliphatic heterocycles. The van der Waals surface area contributed by atoms with Crippen molar-refractivity contribution in [3.05, 3.63) is 18.2 Å². The Bertz CT molecular complexity index is 705. The van der Waals surface area contributed by atoms with Crippen LogP contribution in [0.25, 0.3) is 0 Å². The Morgan fingerprint density at radius 2 is 1.89 bits per heavy atom. The second-order valence-electron chi connectivity index (χ2n) is 7.15. The Morgan fingerprint density at radius 1 is 1.14 bits per heavy atom. The highest BCUT2D eigenvalue weighted by Crippen LogP contribution is 2.30. The highest BCUT2D eigenvalue weighted by atomic mass is 16.5. The van der Waals surface area contributed by atoms with Gasteiger partial charge < -0.3 is 29.3 Å². The number of likely N-dealkylation sites (tertiary alicyclic amines) is 1. The molecule has 0 aromatic heterocycles. The van der Waals surface area contributed by atoms with E-state index in [1.807, 2.05) is 4.90 Å². The van der Waals surface area contributed by atoms with Gasteiger partial charge in [0.05, 0.1) is 25.9 Å². The second-order valence-corrected chi connectivity index (χ2v) is 7.15. The number of nitrogens with one attached hydrogen (secondary N) is 1. The lowest BCUT2D eigenvalue weighted by atomic mass is 10.0. The fourth-order valence-corrected chi connectivity index (χ4v) is 4.04. The lowest BCUT2D eigenvalue weighted by Crippen LogP contribution is -2.49. The Morgan fingerprint density at radius 3 is 2.54 bits per heavy atom. The van der Waals surface area contributed by atoms with Gasteiger partial charge in [-0.05, 0) is 31.4 Å². The molecule has 3 rings (SSSR count). The number of nitrogens with zero attached hydrogens (tertiary/aromatic N) is 2. The van der Waals surface area contributed by atoms with E-state index in [0.717, 1.165) is 19.3 Å². The minimum Gasteiger partial charge on any atom is -0.497 e. The molecule has 1 N–H and O–H groups in total. The van der Waals surface area contributed by atoms with Crippen LogP contribution in [-0.2, 0) is 9.53 Å². The zero-order valence-corrected chi connectivity index (χ0v) is 16.8. The molecule has 0 bridgehead atoms. The van der Waals surface area contributed by atoms with Crippen molar-refractivity contribution >= 4 is 17.6 Å². The van der Waals surface area contributed by atoms with Gasteiger partial charge in [0.2, 0.25) is 5.91 Å². The minimum absolute atomic E-state index is 0.0403. The van der Waals surface area contributed by atoms with Crippen LogP contribution in [0.2, 0.25) is 0 Å². The second kappa shape index (κ2) is 9.14. The molecule has 1 atom stereocenters. The van der Waals surface area contributed by atoms with Crippen molar-refractivity contribution in [3.8, 4) is 11.5 Å². The number of urea groups is 1. The molecule has 0 radical (unpaired) electrons. The molecule has 28 heavy (non-hydrogen) atoms. The van der Waals surface area contributed by atoms with E-state index in [9.17, 15) is 9.59 Å². The number of hydrogen-bond donors (Lipinski definition) is 1. The average Bonchev–Trinajstić information content (AvgIpc) is 3.18. The van der Waals surface area contributed by atoms with Crippen LogP contribution in [0.5, 0.6) is 11.5 Å². The molecule has 154 valence electrons. The maximum atomic E-state index is 12.8. The summed E-state index contributed by atoms with van der Waals surface area (Å²) in [6.07, 6.45) is 2.48. The van der Waals surface area contributed by atoms with E-state index in [1.54, 1.807) is 44.2 Å². The predicted molar refractivity (Wildman–Crippen MR) is 105 cm³/mol. The number of methoxy groups -OCH3 is 2. The molecule has 3 amide bonds. The third-order valence-electron chi connectivity index (χ3n) is 5.44. The van der Waals surface area contributed by atoms with Gasteiger partial charge in [-0.15, -0.1) is 0 Å². The Hall–Kier alpha value is -2.48.